The van der Waals surface area contributed by atoms with Crippen LogP contribution in [0.25, 0.3) is 0 Å². The largest absolute Gasteiger partial charge is 0.352 e. The summed E-state index contributed by atoms with van der Waals surface area (Å²) in [6, 6.07) is 13.6. The average molecular weight is 318 g/mol. The van der Waals surface area contributed by atoms with E-state index in [1.807, 2.05) is 13.0 Å². The Kier molecular flexibility index (Phi) is 4.82. The van der Waals surface area contributed by atoms with Crippen molar-refractivity contribution in [2.75, 3.05) is 4.72 Å². The van der Waals surface area contributed by atoms with Crippen LogP contribution in [0.15, 0.2) is 53.4 Å². The van der Waals surface area contributed by atoms with E-state index in [2.05, 4.69) is 10.0 Å². The minimum atomic E-state index is -3.62. The highest BCUT2D eigenvalue weighted by atomic mass is 32.2. The fraction of sp³-hybridized carbons (Fsp3) is 0.188. The number of nitrogens with one attached hydrogen (secondary N) is 2. The van der Waals surface area contributed by atoms with Crippen LogP contribution in [-0.2, 0) is 21.4 Å². The molecule has 1 amide bonds. The zero-order valence-electron chi connectivity index (χ0n) is 12.5. The molecule has 0 radical (unpaired) electrons. The molecule has 5 nitrogen and oxygen atoms in total. The summed E-state index contributed by atoms with van der Waals surface area (Å²) in [6.07, 6.45) is 0. The van der Waals surface area contributed by atoms with Gasteiger partial charge in [-0.15, -0.1) is 0 Å². The quantitative estimate of drug-likeness (QED) is 0.889. The normalized spacial score (nSPS) is 11.0. The number of anilines is 1. The maximum atomic E-state index is 12.3. The first-order valence-electron chi connectivity index (χ1n) is 6.80. The Morgan fingerprint density at radius 3 is 2.36 bits per heavy atom. The number of sulfonamides is 1. The van der Waals surface area contributed by atoms with Crippen molar-refractivity contribution in [2.45, 2.75) is 25.3 Å². The highest BCUT2D eigenvalue weighted by Gasteiger charge is 2.14. The Balaban J connectivity index is 2.14. The third-order valence-corrected chi connectivity index (χ3v) is 4.44. The standard InChI is InChI=1S/C16H18N2O3S/c1-12-4-3-5-15(10-12)18-22(20,21)16-8-6-14(7-9-16)11-17-13(2)19/h3-10,18H,11H2,1-2H3,(H,17,19). The van der Waals surface area contributed by atoms with Gasteiger partial charge < -0.3 is 5.32 Å². The molecule has 2 aromatic rings. The smallest absolute Gasteiger partial charge is 0.261 e. The van der Waals surface area contributed by atoms with Crippen LogP contribution >= 0.6 is 0 Å². The molecule has 2 rings (SSSR count). The molecule has 0 aliphatic rings. The van der Waals surface area contributed by atoms with E-state index in [0.717, 1.165) is 11.1 Å². The van der Waals surface area contributed by atoms with Gasteiger partial charge in [0.15, 0.2) is 0 Å². The number of hydrogen-bond acceptors (Lipinski definition) is 3. The zero-order chi connectivity index (χ0) is 16.2. The Morgan fingerprint density at radius 1 is 1.09 bits per heavy atom. The lowest BCUT2D eigenvalue weighted by molar-refractivity contribution is -0.119. The molecule has 0 aromatic heterocycles. The topological polar surface area (TPSA) is 75.3 Å². The third kappa shape index (κ3) is 4.33. The van der Waals surface area contributed by atoms with E-state index in [4.69, 9.17) is 0 Å². The van der Waals surface area contributed by atoms with Crippen molar-refractivity contribution in [3.8, 4) is 0 Å². The molecular weight excluding hydrogens is 300 g/mol. The van der Waals surface area contributed by atoms with Crippen LogP contribution in [-0.4, -0.2) is 14.3 Å². The van der Waals surface area contributed by atoms with Crippen molar-refractivity contribution < 1.29 is 13.2 Å². The van der Waals surface area contributed by atoms with Gasteiger partial charge in [-0.25, -0.2) is 8.42 Å². The van der Waals surface area contributed by atoms with Crippen LogP contribution in [0.2, 0.25) is 0 Å². The van der Waals surface area contributed by atoms with E-state index in [1.165, 1.54) is 19.1 Å². The second-order valence-corrected chi connectivity index (χ2v) is 6.71. The molecule has 6 heteroatoms. The molecule has 0 saturated carbocycles. The number of carbonyl (C=O) groups is 1. The van der Waals surface area contributed by atoms with Crippen LogP contribution < -0.4 is 10.0 Å². The molecule has 0 spiro atoms. The molecule has 22 heavy (non-hydrogen) atoms. The zero-order valence-corrected chi connectivity index (χ0v) is 13.3. The van der Waals surface area contributed by atoms with Crippen LogP contribution in [0.1, 0.15) is 18.1 Å². The minimum absolute atomic E-state index is 0.127. The Labute approximate surface area is 130 Å². The molecule has 0 fully saturated rings. The maximum absolute atomic E-state index is 12.3. The maximum Gasteiger partial charge on any atom is 0.261 e. The van der Waals surface area contributed by atoms with E-state index in [9.17, 15) is 13.2 Å². The first-order chi connectivity index (χ1) is 10.4. The second-order valence-electron chi connectivity index (χ2n) is 5.03. The summed E-state index contributed by atoms with van der Waals surface area (Å²) in [6.45, 7) is 3.71. The lowest BCUT2D eigenvalue weighted by Gasteiger charge is -2.09. The van der Waals surface area contributed by atoms with E-state index in [1.54, 1.807) is 30.3 Å². The van der Waals surface area contributed by atoms with Gasteiger partial charge in [-0.2, -0.15) is 0 Å². The fourth-order valence-electron chi connectivity index (χ4n) is 1.94. The van der Waals surface area contributed by atoms with Crippen molar-refractivity contribution >= 4 is 21.6 Å². The van der Waals surface area contributed by atoms with Gasteiger partial charge in [0.05, 0.1) is 4.90 Å². The van der Waals surface area contributed by atoms with Gasteiger partial charge in [0.1, 0.15) is 0 Å². The highest BCUT2D eigenvalue weighted by molar-refractivity contribution is 7.92. The molecule has 2 aromatic carbocycles. The van der Waals surface area contributed by atoms with Crippen LogP contribution in [0.5, 0.6) is 0 Å². The first-order valence-corrected chi connectivity index (χ1v) is 8.28. The van der Waals surface area contributed by atoms with Gasteiger partial charge >= 0.3 is 0 Å². The first kappa shape index (κ1) is 16.0. The predicted octanol–water partition coefficient (Wildman–Crippen LogP) is 2.43. The van der Waals surface area contributed by atoms with Crippen molar-refractivity contribution in [3.05, 3.63) is 59.7 Å². The average Bonchev–Trinajstić information content (AvgIpc) is 2.45. The summed E-state index contributed by atoms with van der Waals surface area (Å²) in [5, 5.41) is 2.66. The summed E-state index contributed by atoms with van der Waals surface area (Å²) >= 11 is 0. The summed E-state index contributed by atoms with van der Waals surface area (Å²) < 4.78 is 27.2. The minimum Gasteiger partial charge on any atom is -0.352 e. The van der Waals surface area contributed by atoms with Gasteiger partial charge in [0.25, 0.3) is 10.0 Å². The van der Waals surface area contributed by atoms with Crippen molar-refractivity contribution in [1.82, 2.24) is 5.32 Å². The summed E-state index contributed by atoms with van der Waals surface area (Å²) in [5.41, 5.74) is 2.35. The Morgan fingerprint density at radius 2 is 1.77 bits per heavy atom. The predicted molar refractivity (Wildman–Crippen MR) is 86.0 cm³/mol. The van der Waals surface area contributed by atoms with Gasteiger partial charge in [-0.3, -0.25) is 9.52 Å². The van der Waals surface area contributed by atoms with Crippen molar-refractivity contribution in [2.24, 2.45) is 0 Å². The van der Waals surface area contributed by atoms with Gasteiger partial charge in [0, 0.05) is 19.2 Å². The SMILES string of the molecule is CC(=O)NCc1ccc(S(=O)(=O)Nc2cccc(C)c2)cc1. The van der Waals surface area contributed by atoms with E-state index in [-0.39, 0.29) is 10.8 Å². The second kappa shape index (κ2) is 6.62. The number of rotatable bonds is 5. The van der Waals surface area contributed by atoms with Gasteiger partial charge in [0.2, 0.25) is 5.91 Å². The van der Waals surface area contributed by atoms with E-state index in [0.29, 0.717) is 12.2 Å². The lowest BCUT2D eigenvalue weighted by atomic mass is 10.2. The molecule has 0 aliphatic carbocycles. The molecule has 0 atom stereocenters. The Bertz CT molecular complexity index is 768. The van der Waals surface area contributed by atoms with Gasteiger partial charge in [-0.05, 0) is 42.3 Å². The third-order valence-electron chi connectivity index (χ3n) is 3.05. The molecule has 116 valence electrons. The summed E-state index contributed by atoms with van der Waals surface area (Å²) in [4.78, 5) is 11.0. The van der Waals surface area contributed by atoms with Crippen molar-refractivity contribution in [1.29, 1.82) is 0 Å². The van der Waals surface area contributed by atoms with Gasteiger partial charge in [-0.1, -0.05) is 24.3 Å². The number of hydrogen-bond donors (Lipinski definition) is 2. The molecule has 0 bridgehead atoms. The number of aryl methyl sites for hydroxylation is 1. The molecule has 2 N–H and O–H groups in total. The van der Waals surface area contributed by atoms with Crippen molar-refractivity contribution in [3.63, 3.8) is 0 Å². The highest BCUT2D eigenvalue weighted by Crippen LogP contribution is 2.17. The van der Waals surface area contributed by atoms with E-state index >= 15 is 0 Å². The molecule has 0 aliphatic heterocycles. The summed E-state index contributed by atoms with van der Waals surface area (Å²) in [7, 11) is -3.62. The number of benzene rings is 2. The number of carbonyl (C=O) groups excluding carboxylic acids is 1. The lowest BCUT2D eigenvalue weighted by Crippen LogP contribution is -2.19. The van der Waals surface area contributed by atoms with Crippen LogP contribution in [0.3, 0.4) is 0 Å². The Hall–Kier alpha value is -2.34. The molecular formula is C16H18N2O3S. The number of amides is 1. The molecule has 0 saturated heterocycles. The monoisotopic (exact) mass is 318 g/mol. The van der Waals surface area contributed by atoms with E-state index < -0.39 is 10.0 Å². The van der Waals surface area contributed by atoms with Crippen LogP contribution in [0.4, 0.5) is 5.69 Å². The fourth-order valence-corrected chi connectivity index (χ4v) is 2.99. The molecule has 0 unspecified atom stereocenters. The van der Waals surface area contributed by atoms with Crippen LogP contribution in [0, 0.1) is 6.92 Å². The molecule has 0 heterocycles. The summed E-state index contributed by atoms with van der Waals surface area (Å²) in [5.74, 6) is -0.127.